The van der Waals surface area contributed by atoms with Crippen LogP contribution < -0.4 is 14.8 Å². The average Bonchev–Trinajstić information content (AvgIpc) is 3.17. The lowest BCUT2D eigenvalue weighted by molar-refractivity contribution is -0.118. The largest absolute Gasteiger partial charge is 0.492 e. The van der Waals surface area contributed by atoms with E-state index in [0.29, 0.717) is 17.5 Å². The predicted molar refractivity (Wildman–Crippen MR) is 122 cm³/mol. The quantitative estimate of drug-likeness (QED) is 0.419. The fraction of sp³-hybridized carbons (Fsp3) is 0.167. The van der Waals surface area contributed by atoms with Crippen LogP contribution in [0.2, 0.25) is 0 Å². The minimum absolute atomic E-state index is 0.0852. The van der Waals surface area contributed by atoms with Crippen LogP contribution in [0.1, 0.15) is 12.5 Å². The van der Waals surface area contributed by atoms with Crippen molar-refractivity contribution in [2.45, 2.75) is 13.8 Å². The lowest BCUT2D eigenvalue weighted by atomic mass is 10.0. The molecule has 30 heavy (non-hydrogen) atoms. The first-order valence-electron chi connectivity index (χ1n) is 9.74. The summed E-state index contributed by atoms with van der Waals surface area (Å²) in [6.07, 6.45) is 0. The zero-order valence-corrected chi connectivity index (χ0v) is 17.7. The van der Waals surface area contributed by atoms with E-state index in [9.17, 15) is 4.79 Å². The SMILES string of the molecule is CCOc1cccc2sc(NC(=O)COc3ccc(-c4ccc(C)cc4)cc3)nc12. The molecule has 0 aliphatic carbocycles. The maximum Gasteiger partial charge on any atom is 0.264 e. The van der Waals surface area contributed by atoms with Crippen molar-refractivity contribution in [1.82, 2.24) is 4.98 Å². The number of carbonyl (C=O) groups is 1. The number of ether oxygens (including phenoxy) is 2. The van der Waals surface area contributed by atoms with Gasteiger partial charge < -0.3 is 9.47 Å². The molecule has 0 bridgehead atoms. The Hall–Kier alpha value is -3.38. The summed E-state index contributed by atoms with van der Waals surface area (Å²) in [5.74, 6) is 1.11. The molecule has 0 fully saturated rings. The second kappa shape index (κ2) is 8.97. The molecule has 0 saturated carbocycles. The van der Waals surface area contributed by atoms with E-state index in [0.717, 1.165) is 27.1 Å². The third-order valence-electron chi connectivity index (χ3n) is 4.54. The molecule has 0 atom stereocenters. The summed E-state index contributed by atoms with van der Waals surface area (Å²) in [6.45, 7) is 4.48. The molecule has 1 amide bonds. The summed E-state index contributed by atoms with van der Waals surface area (Å²) < 4.78 is 12.2. The standard InChI is InChI=1S/C24H22N2O3S/c1-3-28-20-5-4-6-21-23(20)26-24(30-21)25-22(27)15-29-19-13-11-18(12-14-19)17-9-7-16(2)8-10-17/h4-14H,3,15H2,1-2H3,(H,25,26,27). The predicted octanol–water partition coefficient (Wildman–Crippen LogP) is 5.69. The highest BCUT2D eigenvalue weighted by molar-refractivity contribution is 7.22. The molecule has 5 nitrogen and oxygen atoms in total. The van der Waals surface area contributed by atoms with Crippen molar-refractivity contribution < 1.29 is 14.3 Å². The molecule has 152 valence electrons. The van der Waals surface area contributed by atoms with Gasteiger partial charge in [-0.2, -0.15) is 0 Å². The van der Waals surface area contributed by atoms with Crippen LogP contribution in [0.5, 0.6) is 11.5 Å². The van der Waals surface area contributed by atoms with Crippen molar-refractivity contribution in [1.29, 1.82) is 0 Å². The molecular formula is C24H22N2O3S. The van der Waals surface area contributed by atoms with Crippen molar-refractivity contribution in [2.24, 2.45) is 0 Å². The van der Waals surface area contributed by atoms with Gasteiger partial charge >= 0.3 is 0 Å². The van der Waals surface area contributed by atoms with Crippen molar-refractivity contribution in [3.63, 3.8) is 0 Å². The molecule has 0 aliphatic rings. The minimum atomic E-state index is -0.255. The molecule has 4 aromatic rings. The number of anilines is 1. The zero-order valence-electron chi connectivity index (χ0n) is 16.8. The number of hydrogen-bond acceptors (Lipinski definition) is 5. The van der Waals surface area contributed by atoms with Crippen molar-refractivity contribution in [2.75, 3.05) is 18.5 Å². The van der Waals surface area contributed by atoms with Crippen molar-refractivity contribution >= 4 is 32.6 Å². The summed E-state index contributed by atoms with van der Waals surface area (Å²) in [5.41, 5.74) is 4.23. The van der Waals surface area contributed by atoms with Crippen LogP contribution in [0, 0.1) is 6.92 Å². The Labute approximate surface area is 179 Å². The molecule has 1 aromatic heterocycles. The first-order valence-corrected chi connectivity index (χ1v) is 10.6. The van der Waals surface area contributed by atoms with Crippen LogP contribution in [0.15, 0.2) is 66.7 Å². The third kappa shape index (κ3) is 4.60. The van der Waals surface area contributed by atoms with Gasteiger partial charge in [-0.25, -0.2) is 4.98 Å². The number of nitrogens with zero attached hydrogens (tertiary/aromatic N) is 1. The maximum atomic E-state index is 12.3. The number of para-hydroxylation sites is 1. The van der Waals surface area contributed by atoms with Gasteiger partial charge in [0.1, 0.15) is 17.0 Å². The van der Waals surface area contributed by atoms with Gasteiger partial charge in [-0.1, -0.05) is 59.4 Å². The molecule has 0 aliphatic heterocycles. The van der Waals surface area contributed by atoms with Crippen molar-refractivity contribution in [3.8, 4) is 22.6 Å². The summed E-state index contributed by atoms with van der Waals surface area (Å²) >= 11 is 1.41. The lowest BCUT2D eigenvalue weighted by Gasteiger charge is -2.07. The molecule has 0 spiro atoms. The molecule has 1 N–H and O–H groups in total. The van der Waals surface area contributed by atoms with E-state index in [1.807, 2.05) is 49.4 Å². The highest BCUT2D eigenvalue weighted by Crippen LogP contribution is 2.32. The molecular weight excluding hydrogens is 396 g/mol. The van der Waals surface area contributed by atoms with Crippen LogP contribution in [-0.4, -0.2) is 24.1 Å². The average molecular weight is 419 g/mol. The normalized spacial score (nSPS) is 10.7. The number of fused-ring (bicyclic) bond motifs is 1. The van der Waals surface area contributed by atoms with Gasteiger partial charge in [0.25, 0.3) is 5.91 Å². The number of thiazole rings is 1. The molecule has 0 radical (unpaired) electrons. The number of aromatic nitrogens is 1. The monoisotopic (exact) mass is 418 g/mol. The van der Waals surface area contributed by atoms with Gasteiger partial charge in [0, 0.05) is 0 Å². The van der Waals surface area contributed by atoms with Gasteiger partial charge in [0.15, 0.2) is 11.7 Å². The summed E-state index contributed by atoms with van der Waals surface area (Å²) in [6, 6.07) is 21.8. The topological polar surface area (TPSA) is 60.5 Å². The van der Waals surface area contributed by atoms with E-state index in [1.54, 1.807) is 0 Å². The number of carbonyl (C=O) groups excluding carboxylic acids is 1. The van der Waals surface area contributed by atoms with Gasteiger partial charge in [0.2, 0.25) is 0 Å². The van der Waals surface area contributed by atoms with E-state index < -0.39 is 0 Å². The number of benzene rings is 3. The van der Waals surface area contributed by atoms with E-state index in [4.69, 9.17) is 9.47 Å². The molecule has 6 heteroatoms. The summed E-state index contributed by atoms with van der Waals surface area (Å²) in [4.78, 5) is 16.8. The molecule has 4 rings (SSSR count). The molecule has 0 unspecified atom stereocenters. The first kappa shape index (κ1) is 19.9. The number of amides is 1. The number of hydrogen-bond donors (Lipinski definition) is 1. The number of nitrogens with one attached hydrogen (secondary N) is 1. The fourth-order valence-electron chi connectivity index (χ4n) is 3.04. The van der Waals surface area contributed by atoms with E-state index in [-0.39, 0.29) is 12.5 Å². The Kier molecular flexibility index (Phi) is 5.95. The fourth-order valence-corrected chi connectivity index (χ4v) is 3.94. The van der Waals surface area contributed by atoms with Crippen LogP contribution >= 0.6 is 11.3 Å². The highest BCUT2D eigenvalue weighted by Gasteiger charge is 2.12. The van der Waals surface area contributed by atoms with Crippen LogP contribution in [0.25, 0.3) is 21.3 Å². The van der Waals surface area contributed by atoms with E-state index >= 15 is 0 Å². The second-order valence-corrected chi connectivity index (χ2v) is 7.81. The maximum absolute atomic E-state index is 12.3. The highest BCUT2D eigenvalue weighted by atomic mass is 32.1. The van der Waals surface area contributed by atoms with Gasteiger partial charge in [-0.15, -0.1) is 0 Å². The van der Waals surface area contributed by atoms with Crippen LogP contribution in [0.4, 0.5) is 5.13 Å². The molecule has 0 saturated heterocycles. The smallest absolute Gasteiger partial charge is 0.264 e. The van der Waals surface area contributed by atoms with Crippen LogP contribution in [-0.2, 0) is 4.79 Å². The third-order valence-corrected chi connectivity index (χ3v) is 5.47. The molecule has 3 aromatic carbocycles. The summed E-state index contributed by atoms with van der Waals surface area (Å²) in [7, 11) is 0. The van der Waals surface area contributed by atoms with E-state index in [2.05, 4.69) is 41.5 Å². The van der Waals surface area contributed by atoms with Gasteiger partial charge in [0.05, 0.1) is 11.3 Å². The second-order valence-electron chi connectivity index (χ2n) is 6.78. The summed E-state index contributed by atoms with van der Waals surface area (Å²) in [5, 5.41) is 3.33. The zero-order chi connectivity index (χ0) is 20.9. The Balaban J connectivity index is 1.36. The first-order chi connectivity index (χ1) is 14.6. The molecule has 1 heterocycles. The Morgan fingerprint density at radius 2 is 1.67 bits per heavy atom. The van der Waals surface area contributed by atoms with Crippen molar-refractivity contribution in [3.05, 3.63) is 72.3 Å². The lowest BCUT2D eigenvalue weighted by Crippen LogP contribution is -2.19. The minimum Gasteiger partial charge on any atom is -0.492 e. The van der Waals surface area contributed by atoms with E-state index in [1.165, 1.54) is 16.9 Å². The van der Waals surface area contributed by atoms with Gasteiger partial charge in [-0.05, 0) is 49.2 Å². The number of aryl methyl sites for hydroxylation is 1. The Morgan fingerprint density at radius 3 is 2.37 bits per heavy atom. The van der Waals surface area contributed by atoms with Crippen LogP contribution in [0.3, 0.4) is 0 Å². The Bertz CT molecular complexity index is 1150. The number of rotatable bonds is 7. The Morgan fingerprint density at radius 1 is 0.967 bits per heavy atom. The van der Waals surface area contributed by atoms with Gasteiger partial charge in [-0.3, -0.25) is 10.1 Å².